The van der Waals surface area contributed by atoms with E-state index in [4.69, 9.17) is 4.99 Å². The molecular formula is C23H33FN6S. The van der Waals surface area contributed by atoms with E-state index in [2.05, 4.69) is 45.5 Å². The average molecular weight is 445 g/mol. The van der Waals surface area contributed by atoms with Crippen molar-refractivity contribution < 1.29 is 4.39 Å². The van der Waals surface area contributed by atoms with Crippen LogP contribution >= 0.6 is 11.8 Å². The van der Waals surface area contributed by atoms with Crippen molar-refractivity contribution in [1.29, 1.82) is 0 Å². The van der Waals surface area contributed by atoms with E-state index in [0.717, 1.165) is 73.7 Å². The van der Waals surface area contributed by atoms with Crippen molar-refractivity contribution in [2.24, 2.45) is 4.99 Å². The van der Waals surface area contributed by atoms with Gasteiger partial charge < -0.3 is 20.4 Å². The fourth-order valence-corrected chi connectivity index (χ4v) is 4.13. The zero-order valence-electron chi connectivity index (χ0n) is 18.5. The standard InChI is InChI=1S/C23H33FN6S/c1-3-25-23(27-10-4-16-31-21-7-5-20(24)6-8-21)28-18-19-9-11-26-22(17-19)30-14-12-29(2)13-15-30/h5-9,11,17H,3-4,10,12-16,18H2,1-2H3,(H2,25,27,28). The molecule has 0 amide bonds. The van der Waals surface area contributed by atoms with Crippen LogP contribution in [0.15, 0.2) is 52.5 Å². The lowest BCUT2D eigenvalue weighted by atomic mass is 10.2. The molecule has 1 fully saturated rings. The summed E-state index contributed by atoms with van der Waals surface area (Å²) in [6.45, 7) is 8.49. The smallest absolute Gasteiger partial charge is 0.191 e. The summed E-state index contributed by atoms with van der Waals surface area (Å²) in [7, 11) is 2.16. The van der Waals surface area contributed by atoms with Gasteiger partial charge in [0.25, 0.3) is 0 Å². The van der Waals surface area contributed by atoms with Gasteiger partial charge in [-0.05, 0) is 68.1 Å². The van der Waals surface area contributed by atoms with Crippen LogP contribution in [0.5, 0.6) is 0 Å². The normalized spacial score (nSPS) is 15.2. The second-order valence-electron chi connectivity index (χ2n) is 7.59. The Morgan fingerprint density at radius 1 is 1.13 bits per heavy atom. The maximum Gasteiger partial charge on any atom is 0.191 e. The number of likely N-dealkylation sites (N-methyl/N-ethyl adjacent to an activating group) is 1. The van der Waals surface area contributed by atoms with E-state index < -0.39 is 0 Å². The molecule has 0 spiro atoms. The first-order valence-electron chi connectivity index (χ1n) is 10.9. The number of nitrogens with zero attached hydrogens (tertiary/aromatic N) is 4. The van der Waals surface area contributed by atoms with E-state index in [1.165, 1.54) is 12.1 Å². The summed E-state index contributed by atoms with van der Waals surface area (Å²) < 4.78 is 13.0. The van der Waals surface area contributed by atoms with Crippen molar-refractivity contribution in [2.75, 3.05) is 57.0 Å². The molecule has 3 rings (SSSR count). The van der Waals surface area contributed by atoms with Gasteiger partial charge in [-0.1, -0.05) is 0 Å². The number of hydrogen-bond donors (Lipinski definition) is 2. The second-order valence-corrected chi connectivity index (χ2v) is 8.76. The van der Waals surface area contributed by atoms with E-state index in [0.29, 0.717) is 6.54 Å². The number of aromatic nitrogens is 1. The minimum absolute atomic E-state index is 0.192. The summed E-state index contributed by atoms with van der Waals surface area (Å²) in [5.41, 5.74) is 1.16. The average Bonchev–Trinajstić information content (AvgIpc) is 2.79. The third-order valence-corrected chi connectivity index (χ3v) is 6.20. The topological polar surface area (TPSA) is 55.8 Å². The number of aliphatic imine (C=N–C) groups is 1. The molecule has 1 aliphatic rings. The number of guanidine groups is 1. The Balaban J connectivity index is 1.45. The molecule has 6 nitrogen and oxygen atoms in total. The third kappa shape index (κ3) is 8.03. The fourth-order valence-electron chi connectivity index (χ4n) is 3.28. The first-order chi connectivity index (χ1) is 15.1. The number of anilines is 1. The van der Waals surface area contributed by atoms with Crippen molar-refractivity contribution >= 4 is 23.5 Å². The highest BCUT2D eigenvalue weighted by Crippen LogP contribution is 2.18. The van der Waals surface area contributed by atoms with E-state index in [1.54, 1.807) is 11.8 Å². The molecule has 2 N–H and O–H groups in total. The van der Waals surface area contributed by atoms with Crippen molar-refractivity contribution in [2.45, 2.75) is 24.8 Å². The number of nitrogens with one attached hydrogen (secondary N) is 2. The van der Waals surface area contributed by atoms with Crippen LogP contribution in [0.1, 0.15) is 18.9 Å². The Kier molecular flexibility index (Phi) is 9.42. The van der Waals surface area contributed by atoms with Crippen LogP contribution in [0.2, 0.25) is 0 Å². The van der Waals surface area contributed by atoms with Crippen molar-refractivity contribution in [3.05, 3.63) is 54.0 Å². The molecule has 1 aliphatic heterocycles. The highest BCUT2D eigenvalue weighted by molar-refractivity contribution is 7.99. The number of pyridine rings is 1. The van der Waals surface area contributed by atoms with E-state index in [1.807, 2.05) is 24.4 Å². The summed E-state index contributed by atoms with van der Waals surface area (Å²) in [5.74, 6) is 2.64. The lowest BCUT2D eigenvalue weighted by Crippen LogP contribution is -2.44. The van der Waals surface area contributed by atoms with Gasteiger partial charge in [-0.15, -0.1) is 11.8 Å². The van der Waals surface area contributed by atoms with Gasteiger partial charge in [0.05, 0.1) is 6.54 Å². The van der Waals surface area contributed by atoms with Crippen LogP contribution in [-0.4, -0.2) is 67.9 Å². The Bertz CT molecular complexity index is 821. The molecule has 1 saturated heterocycles. The van der Waals surface area contributed by atoms with Crippen LogP contribution in [0.4, 0.5) is 10.2 Å². The quantitative estimate of drug-likeness (QED) is 0.268. The van der Waals surface area contributed by atoms with Gasteiger partial charge in [0, 0.05) is 50.4 Å². The minimum Gasteiger partial charge on any atom is -0.357 e. The monoisotopic (exact) mass is 444 g/mol. The highest BCUT2D eigenvalue weighted by Gasteiger charge is 2.15. The molecule has 0 atom stereocenters. The van der Waals surface area contributed by atoms with E-state index in [9.17, 15) is 4.39 Å². The zero-order valence-corrected chi connectivity index (χ0v) is 19.3. The molecule has 1 aromatic carbocycles. The van der Waals surface area contributed by atoms with Crippen LogP contribution < -0.4 is 15.5 Å². The fraction of sp³-hybridized carbons (Fsp3) is 0.478. The van der Waals surface area contributed by atoms with Crippen molar-refractivity contribution in [3.8, 4) is 0 Å². The maximum absolute atomic E-state index is 13.0. The van der Waals surface area contributed by atoms with E-state index >= 15 is 0 Å². The summed E-state index contributed by atoms with van der Waals surface area (Å²) in [4.78, 5) is 15.1. The number of rotatable bonds is 9. The molecule has 168 valence electrons. The van der Waals surface area contributed by atoms with Gasteiger partial charge in [-0.2, -0.15) is 0 Å². The molecule has 2 aromatic rings. The molecule has 1 aromatic heterocycles. The lowest BCUT2D eigenvalue weighted by molar-refractivity contribution is 0.312. The van der Waals surface area contributed by atoms with Gasteiger partial charge >= 0.3 is 0 Å². The number of piperazine rings is 1. The van der Waals surface area contributed by atoms with Crippen molar-refractivity contribution in [1.82, 2.24) is 20.5 Å². The zero-order chi connectivity index (χ0) is 21.9. The van der Waals surface area contributed by atoms with Crippen LogP contribution in [0.3, 0.4) is 0 Å². The van der Waals surface area contributed by atoms with Crippen LogP contribution in [0.25, 0.3) is 0 Å². The molecule has 0 aliphatic carbocycles. The maximum atomic E-state index is 13.0. The Morgan fingerprint density at radius 3 is 2.65 bits per heavy atom. The summed E-state index contributed by atoms with van der Waals surface area (Å²) in [6, 6.07) is 10.8. The number of halogens is 1. The predicted octanol–water partition coefficient (Wildman–Crippen LogP) is 3.21. The Hall–Kier alpha value is -2.32. The first kappa shape index (κ1) is 23.3. The first-order valence-corrected chi connectivity index (χ1v) is 11.9. The SMILES string of the molecule is CCNC(=NCc1ccnc(N2CCN(C)CC2)c1)NCCCSc1ccc(F)cc1. The summed E-state index contributed by atoms with van der Waals surface area (Å²) >= 11 is 1.74. The number of hydrogen-bond acceptors (Lipinski definition) is 5. The molecule has 2 heterocycles. The van der Waals surface area contributed by atoms with Crippen molar-refractivity contribution in [3.63, 3.8) is 0 Å². The van der Waals surface area contributed by atoms with Crippen LogP contribution in [0, 0.1) is 5.82 Å². The molecule has 0 unspecified atom stereocenters. The van der Waals surface area contributed by atoms with Gasteiger partial charge in [0.1, 0.15) is 11.6 Å². The minimum atomic E-state index is -0.192. The Labute approximate surface area is 189 Å². The van der Waals surface area contributed by atoms with Gasteiger partial charge in [0.15, 0.2) is 5.96 Å². The molecule has 0 bridgehead atoms. The third-order valence-electron chi connectivity index (χ3n) is 5.10. The second kappa shape index (κ2) is 12.5. The largest absolute Gasteiger partial charge is 0.357 e. The Morgan fingerprint density at radius 2 is 1.90 bits per heavy atom. The van der Waals surface area contributed by atoms with Gasteiger partial charge in [-0.25, -0.2) is 14.4 Å². The number of benzene rings is 1. The lowest BCUT2D eigenvalue weighted by Gasteiger charge is -2.33. The molecule has 8 heteroatoms. The molecular weight excluding hydrogens is 411 g/mol. The van der Waals surface area contributed by atoms with Gasteiger partial charge in [-0.3, -0.25) is 0 Å². The van der Waals surface area contributed by atoms with Gasteiger partial charge in [0.2, 0.25) is 0 Å². The predicted molar refractivity (Wildman–Crippen MR) is 129 cm³/mol. The summed E-state index contributed by atoms with van der Waals surface area (Å²) in [5, 5.41) is 6.71. The number of thioether (sulfide) groups is 1. The molecule has 31 heavy (non-hydrogen) atoms. The summed E-state index contributed by atoms with van der Waals surface area (Å²) in [6.07, 6.45) is 2.88. The molecule has 0 saturated carbocycles. The highest BCUT2D eigenvalue weighted by atomic mass is 32.2. The van der Waals surface area contributed by atoms with E-state index in [-0.39, 0.29) is 5.82 Å². The molecule has 0 radical (unpaired) electrons. The van der Waals surface area contributed by atoms with Crippen LogP contribution in [-0.2, 0) is 6.54 Å².